The molecule has 0 aliphatic carbocycles. The third-order valence-corrected chi connectivity index (χ3v) is 2.20. The predicted molar refractivity (Wildman–Crippen MR) is 44.2 cm³/mol. The number of carboxylic acid groups (broad SMARTS) is 1. The molecular weight excluding hydrogens is 196 g/mol. The van der Waals surface area contributed by atoms with E-state index in [0.717, 1.165) is 18.4 Å². The van der Waals surface area contributed by atoms with Crippen molar-refractivity contribution in [1.82, 2.24) is 0 Å². The van der Waals surface area contributed by atoms with E-state index in [0.29, 0.717) is 4.48 Å². The smallest absolute Gasteiger partial charge is 0.342 e. The Bertz CT molecular complexity index is 161. The molecule has 0 spiro atoms. The number of aliphatic carboxylic acids is 1. The molecule has 0 unspecified atom stereocenters. The van der Waals surface area contributed by atoms with Gasteiger partial charge in [0, 0.05) is 0 Å². The van der Waals surface area contributed by atoms with Crippen LogP contribution in [0.1, 0.15) is 26.7 Å². The van der Waals surface area contributed by atoms with Crippen molar-refractivity contribution in [3.05, 3.63) is 10.1 Å². The fourth-order valence-corrected chi connectivity index (χ4v) is 0.866. The summed E-state index contributed by atoms with van der Waals surface area (Å²) in [6.45, 7) is 3.84. The summed E-state index contributed by atoms with van der Waals surface area (Å²) < 4.78 is 0.300. The first-order valence-corrected chi connectivity index (χ1v) is 3.97. The van der Waals surface area contributed by atoms with Crippen molar-refractivity contribution in [1.29, 1.82) is 0 Å². The maximum absolute atomic E-state index is 10.3. The van der Waals surface area contributed by atoms with Gasteiger partial charge in [0.15, 0.2) is 0 Å². The molecule has 0 aromatic heterocycles. The van der Waals surface area contributed by atoms with E-state index in [9.17, 15) is 4.79 Å². The molecule has 0 saturated heterocycles. The second-order valence-electron chi connectivity index (χ2n) is 2.15. The second-order valence-corrected chi connectivity index (χ2v) is 2.94. The molecule has 0 aromatic carbocycles. The number of carbonyl (C=O) groups is 1. The largest absolute Gasteiger partial charge is 0.477 e. The lowest BCUT2D eigenvalue weighted by Gasteiger charge is -1.98. The summed E-state index contributed by atoms with van der Waals surface area (Å²) in [6.07, 6.45) is 1.82. The second kappa shape index (κ2) is 4.50. The minimum atomic E-state index is -0.883. The summed E-state index contributed by atoms with van der Waals surface area (Å²) in [7, 11) is 0. The third-order valence-electron chi connectivity index (χ3n) is 1.19. The van der Waals surface area contributed by atoms with Gasteiger partial charge in [0.25, 0.3) is 0 Å². The van der Waals surface area contributed by atoms with E-state index in [1.54, 1.807) is 0 Å². The molecule has 0 radical (unpaired) electrons. The van der Waals surface area contributed by atoms with Gasteiger partial charge in [-0.3, -0.25) is 0 Å². The topological polar surface area (TPSA) is 37.3 Å². The standard InChI is InChI=1S/C7H11BrO2/c1-3-4-5(2)6(8)7(9)10/h3-4H2,1-2H3,(H,9,10)/b6-5-. The van der Waals surface area contributed by atoms with E-state index in [1.807, 2.05) is 13.8 Å². The van der Waals surface area contributed by atoms with Crippen molar-refractivity contribution >= 4 is 21.9 Å². The Balaban J connectivity index is 4.19. The van der Waals surface area contributed by atoms with Crippen LogP contribution in [0.5, 0.6) is 0 Å². The number of carboxylic acids is 1. The van der Waals surface area contributed by atoms with Crippen molar-refractivity contribution in [2.75, 3.05) is 0 Å². The van der Waals surface area contributed by atoms with Gasteiger partial charge in [0.1, 0.15) is 4.48 Å². The van der Waals surface area contributed by atoms with Gasteiger partial charge in [-0.05, 0) is 29.3 Å². The van der Waals surface area contributed by atoms with Crippen molar-refractivity contribution in [2.45, 2.75) is 26.7 Å². The van der Waals surface area contributed by atoms with Crippen LogP contribution in [0.2, 0.25) is 0 Å². The van der Waals surface area contributed by atoms with Crippen LogP contribution in [-0.2, 0) is 4.79 Å². The first kappa shape index (κ1) is 9.69. The molecule has 0 amide bonds. The predicted octanol–water partition coefficient (Wildman–Crippen LogP) is 2.54. The van der Waals surface area contributed by atoms with E-state index in [2.05, 4.69) is 15.9 Å². The molecule has 0 fully saturated rings. The first-order chi connectivity index (χ1) is 4.59. The summed E-state index contributed by atoms with van der Waals surface area (Å²) in [5, 5.41) is 8.47. The Morgan fingerprint density at radius 1 is 1.60 bits per heavy atom. The highest BCUT2D eigenvalue weighted by atomic mass is 79.9. The Hall–Kier alpha value is -0.310. The van der Waals surface area contributed by atoms with Gasteiger partial charge < -0.3 is 5.11 Å². The minimum Gasteiger partial charge on any atom is -0.477 e. The van der Waals surface area contributed by atoms with Crippen molar-refractivity contribution in [3.8, 4) is 0 Å². The van der Waals surface area contributed by atoms with Gasteiger partial charge in [0.2, 0.25) is 0 Å². The lowest BCUT2D eigenvalue weighted by molar-refractivity contribution is -0.131. The van der Waals surface area contributed by atoms with Crippen molar-refractivity contribution < 1.29 is 9.90 Å². The van der Waals surface area contributed by atoms with Crippen LogP contribution in [0.3, 0.4) is 0 Å². The SMILES string of the molecule is CCC/C(C)=C(\Br)C(=O)O. The zero-order chi connectivity index (χ0) is 8.15. The normalized spacial score (nSPS) is 12.7. The van der Waals surface area contributed by atoms with Gasteiger partial charge in [-0.1, -0.05) is 18.9 Å². The maximum Gasteiger partial charge on any atom is 0.342 e. The van der Waals surface area contributed by atoms with Crippen LogP contribution < -0.4 is 0 Å². The fraction of sp³-hybridized carbons (Fsp3) is 0.571. The van der Waals surface area contributed by atoms with Crippen molar-refractivity contribution in [3.63, 3.8) is 0 Å². The highest BCUT2D eigenvalue weighted by Gasteiger charge is 2.05. The number of rotatable bonds is 3. The van der Waals surface area contributed by atoms with Gasteiger partial charge in [-0.15, -0.1) is 0 Å². The molecule has 10 heavy (non-hydrogen) atoms. The summed E-state index contributed by atoms with van der Waals surface area (Å²) >= 11 is 2.99. The third kappa shape index (κ3) is 3.01. The lowest BCUT2D eigenvalue weighted by Crippen LogP contribution is -1.96. The van der Waals surface area contributed by atoms with Gasteiger partial charge in [-0.25, -0.2) is 4.79 Å². The number of halogens is 1. The zero-order valence-corrected chi connectivity index (χ0v) is 7.73. The average Bonchev–Trinajstić information content (AvgIpc) is 1.87. The quantitative estimate of drug-likeness (QED) is 0.722. The number of allylic oxidation sites excluding steroid dienone is 1. The van der Waals surface area contributed by atoms with Crippen LogP contribution in [-0.4, -0.2) is 11.1 Å². The molecule has 0 bridgehead atoms. The number of hydrogen-bond acceptors (Lipinski definition) is 1. The molecule has 0 heterocycles. The molecule has 0 aromatic rings. The van der Waals surface area contributed by atoms with Crippen LogP contribution in [0.15, 0.2) is 10.1 Å². The molecule has 58 valence electrons. The number of hydrogen-bond donors (Lipinski definition) is 1. The Morgan fingerprint density at radius 2 is 2.10 bits per heavy atom. The monoisotopic (exact) mass is 206 g/mol. The zero-order valence-electron chi connectivity index (χ0n) is 6.15. The fourth-order valence-electron chi connectivity index (χ4n) is 0.667. The highest BCUT2D eigenvalue weighted by molar-refractivity contribution is 9.12. The minimum absolute atomic E-state index is 0.300. The average molecular weight is 207 g/mol. The highest BCUT2D eigenvalue weighted by Crippen LogP contribution is 2.15. The molecule has 0 rings (SSSR count). The summed E-state index contributed by atoms with van der Waals surface area (Å²) in [5.74, 6) is -0.883. The molecule has 2 nitrogen and oxygen atoms in total. The lowest BCUT2D eigenvalue weighted by atomic mass is 10.2. The molecule has 0 saturated carbocycles. The summed E-state index contributed by atoms with van der Waals surface area (Å²) in [6, 6.07) is 0. The van der Waals surface area contributed by atoms with Gasteiger partial charge in [0.05, 0.1) is 0 Å². The van der Waals surface area contributed by atoms with Gasteiger partial charge in [-0.2, -0.15) is 0 Å². The van der Waals surface area contributed by atoms with E-state index >= 15 is 0 Å². The molecule has 1 N–H and O–H groups in total. The van der Waals surface area contributed by atoms with E-state index in [1.165, 1.54) is 0 Å². The van der Waals surface area contributed by atoms with Gasteiger partial charge >= 0.3 is 5.97 Å². The molecule has 0 aliphatic rings. The Kier molecular flexibility index (Phi) is 4.36. The van der Waals surface area contributed by atoms with Crippen LogP contribution >= 0.6 is 15.9 Å². The Morgan fingerprint density at radius 3 is 2.40 bits per heavy atom. The van der Waals surface area contributed by atoms with Crippen LogP contribution in [0.25, 0.3) is 0 Å². The Labute approximate surface area is 69.1 Å². The van der Waals surface area contributed by atoms with Crippen LogP contribution in [0.4, 0.5) is 0 Å². The molecule has 3 heteroatoms. The van der Waals surface area contributed by atoms with Crippen molar-refractivity contribution in [2.24, 2.45) is 0 Å². The maximum atomic E-state index is 10.3. The van der Waals surface area contributed by atoms with Crippen LogP contribution in [0, 0.1) is 0 Å². The molecular formula is C7H11BrO2. The summed E-state index contributed by atoms with van der Waals surface area (Å²) in [5.41, 5.74) is 0.898. The first-order valence-electron chi connectivity index (χ1n) is 3.18. The molecule has 0 aliphatic heterocycles. The van der Waals surface area contributed by atoms with E-state index in [-0.39, 0.29) is 0 Å². The van der Waals surface area contributed by atoms with E-state index in [4.69, 9.17) is 5.11 Å². The van der Waals surface area contributed by atoms with E-state index < -0.39 is 5.97 Å². The molecule has 0 atom stereocenters. The summed E-state index contributed by atoms with van der Waals surface area (Å²) in [4.78, 5) is 10.3.